The van der Waals surface area contributed by atoms with E-state index in [1.807, 2.05) is 12.1 Å². The van der Waals surface area contributed by atoms with Gasteiger partial charge in [0.05, 0.1) is 6.61 Å². The van der Waals surface area contributed by atoms with E-state index in [1.54, 1.807) is 12.1 Å². The number of ether oxygens (including phenoxy) is 1. The molecule has 96 valence electrons. The molecule has 0 heterocycles. The third-order valence-corrected chi connectivity index (χ3v) is 2.71. The van der Waals surface area contributed by atoms with Gasteiger partial charge in [0.15, 0.2) is 0 Å². The summed E-state index contributed by atoms with van der Waals surface area (Å²) in [5.74, 6) is 0.315. The maximum Gasteiger partial charge on any atom is 0.115 e. The van der Waals surface area contributed by atoms with Crippen LogP contribution in [0.3, 0.4) is 0 Å². The zero-order chi connectivity index (χ0) is 12.5. The smallest absolute Gasteiger partial charge is 0.115 e. The maximum absolute atomic E-state index is 9.38. The van der Waals surface area contributed by atoms with Crippen LogP contribution in [0, 0.1) is 0 Å². The van der Waals surface area contributed by atoms with Crippen molar-refractivity contribution in [2.24, 2.45) is 0 Å². The third kappa shape index (κ3) is 5.71. The molecule has 0 fully saturated rings. The van der Waals surface area contributed by atoms with Gasteiger partial charge in [-0.3, -0.25) is 0 Å². The normalized spacial score (nSPS) is 12.6. The summed E-state index contributed by atoms with van der Waals surface area (Å²) in [6.07, 6.45) is 2.30. The van der Waals surface area contributed by atoms with Crippen LogP contribution in [0.2, 0.25) is 0 Å². The largest absolute Gasteiger partial charge is 0.508 e. The molecule has 0 aliphatic rings. The summed E-state index contributed by atoms with van der Waals surface area (Å²) in [6.45, 7) is 6.66. The van der Waals surface area contributed by atoms with Crippen LogP contribution in [0.1, 0.15) is 38.3 Å². The number of rotatable bonds is 8. The molecule has 1 rings (SSSR count). The highest BCUT2D eigenvalue weighted by atomic mass is 16.5. The molecule has 2 N–H and O–H groups in total. The van der Waals surface area contributed by atoms with Gasteiger partial charge in [-0.2, -0.15) is 0 Å². The lowest BCUT2D eigenvalue weighted by molar-refractivity contribution is 0.131. The second-order valence-corrected chi connectivity index (χ2v) is 4.24. The van der Waals surface area contributed by atoms with Crippen molar-refractivity contribution in [2.75, 3.05) is 19.8 Å². The molecule has 0 aromatic heterocycles. The molecule has 0 aliphatic heterocycles. The van der Waals surface area contributed by atoms with Gasteiger partial charge in [0.1, 0.15) is 5.75 Å². The number of benzene rings is 1. The van der Waals surface area contributed by atoms with Crippen LogP contribution >= 0.6 is 0 Å². The lowest BCUT2D eigenvalue weighted by atomic mass is 10.1. The Morgan fingerprint density at radius 1 is 1.35 bits per heavy atom. The summed E-state index contributed by atoms with van der Waals surface area (Å²) < 4.78 is 5.47. The third-order valence-electron chi connectivity index (χ3n) is 2.71. The minimum absolute atomic E-state index is 0.233. The Balaban J connectivity index is 2.19. The molecular weight excluding hydrogens is 214 g/mol. The molecule has 1 unspecified atom stereocenters. The second-order valence-electron chi connectivity index (χ2n) is 4.24. The Hall–Kier alpha value is -1.06. The topological polar surface area (TPSA) is 41.5 Å². The van der Waals surface area contributed by atoms with Crippen molar-refractivity contribution in [1.82, 2.24) is 5.32 Å². The first-order valence-corrected chi connectivity index (χ1v) is 6.34. The molecule has 0 spiro atoms. The number of phenolic OH excluding ortho intramolecular Hbond substituents is 1. The number of hydrogen-bond donors (Lipinski definition) is 2. The average molecular weight is 237 g/mol. The fraction of sp³-hybridized carbons (Fsp3) is 0.571. The second kappa shape index (κ2) is 8.09. The summed E-state index contributed by atoms with van der Waals surface area (Å²) in [4.78, 5) is 0. The van der Waals surface area contributed by atoms with Crippen molar-refractivity contribution in [3.05, 3.63) is 29.8 Å². The monoisotopic (exact) mass is 237 g/mol. The Labute approximate surface area is 104 Å². The van der Waals surface area contributed by atoms with E-state index < -0.39 is 0 Å². The highest BCUT2D eigenvalue weighted by Gasteiger charge is 2.04. The van der Waals surface area contributed by atoms with Crippen LogP contribution in [0.5, 0.6) is 5.75 Å². The molecule has 0 saturated carbocycles. The number of nitrogens with one attached hydrogen (secondary N) is 1. The van der Waals surface area contributed by atoms with Gasteiger partial charge in [-0.15, -0.1) is 0 Å². The van der Waals surface area contributed by atoms with Gasteiger partial charge < -0.3 is 15.2 Å². The molecule has 0 aliphatic carbocycles. The molecule has 3 heteroatoms. The van der Waals surface area contributed by atoms with Gasteiger partial charge in [0.2, 0.25) is 0 Å². The molecule has 3 nitrogen and oxygen atoms in total. The van der Waals surface area contributed by atoms with E-state index in [9.17, 15) is 5.11 Å². The minimum Gasteiger partial charge on any atom is -0.508 e. The first kappa shape index (κ1) is 14.0. The summed E-state index contributed by atoms with van der Waals surface area (Å²) in [6, 6.07) is 7.58. The zero-order valence-corrected chi connectivity index (χ0v) is 10.8. The standard InChI is InChI=1S/C14H23NO2/c1-3-4-9-17-10-8-15-12(2)13-6-5-7-14(16)11-13/h5-7,11-12,15-16H,3-4,8-10H2,1-2H3. The first-order valence-electron chi connectivity index (χ1n) is 6.34. The van der Waals surface area contributed by atoms with Gasteiger partial charge in [0, 0.05) is 19.2 Å². The van der Waals surface area contributed by atoms with E-state index in [-0.39, 0.29) is 6.04 Å². The Morgan fingerprint density at radius 2 is 2.18 bits per heavy atom. The molecule has 0 amide bonds. The van der Waals surface area contributed by atoms with E-state index >= 15 is 0 Å². The van der Waals surface area contributed by atoms with Crippen molar-refractivity contribution in [3.8, 4) is 5.75 Å². The van der Waals surface area contributed by atoms with Crippen LogP contribution < -0.4 is 5.32 Å². The van der Waals surface area contributed by atoms with Crippen LogP contribution in [0.4, 0.5) is 0 Å². The Morgan fingerprint density at radius 3 is 2.88 bits per heavy atom. The fourth-order valence-corrected chi connectivity index (χ4v) is 1.61. The van der Waals surface area contributed by atoms with Crippen molar-refractivity contribution in [2.45, 2.75) is 32.7 Å². The van der Waals surface area contributed by atoms with Gasteiger partial charge >= 0.3 is 0 Å². The summed E-state index contributed by atoms with van der Waals surface area (Å²) in [5.41, 5.74) is 1.10. The Bertz CT molecular complexity index is 315. The molecule has 0 bridgehead atoms. The highest BCUT2D eigenvalue weighted by molar-refractivity contribution is 5.28. The quantitative estimate of drug-likeness (QED) is 0.683. The van der Waals surface area contributed by atoms with Crippen LogP contribution in [0.25, 0.3) is 0 Å². The zero-order valence-electron chi connectivity index (χ0n) is 10.8. The van der Waals surface area contributed by atoms with Gasteiger partial charge in [0.25, 0.3) is 0 Å². The van der Waals surface area contributed by atoms with Crippen molar-refractivity contribution in [1.29, 1.82) is 0 Å². The number of aromatic hydroxyl groups is 1. The van der Waals surface area contributed by atoms with Crippen molar-refractivity contribution < 1.29 is 9.84 Å². The van der Waals surface area contributed by atoms with Gasteiger partial charge in [-0.05, 0) is 31.0 Å². The van der Waals surface area contributed by atoms with E-state index in [1.165, 1.54) is 6.42 Å². The maximum atomic E-state index is 9.38. The SMILES string of the molecule is CCCCOCCNC(C)c1cccc(O)c1. The fourth-order valence-electron chi connectivity index (χ4n) is 1.61. The van der Waals surface area contributed by atoms with Crippen LogP contribution in [-0.4, -0.2) is 24.9 Å². The number of hydrogen-bond acceptors (Lipinski definition) is 3. The van der Waals surface area contributed by atoms with Crippen molar-refractivity contribution >= 4 is 0 Å². The van der Waals surface area contributed by atoms with Crippen LogP contribution in [0.15, 0.2) is 24.3 Å². The molecule has 0 saturated heterocycles. The summed E-state index contributed by atoms with van der Waals surface area (Å²) in [7, 11) is 0. The number of phenols is 1. The summed E-state index contributed by atoms with van der Waals surface area (Å²) in [5, 5.41) is 12.7. The average Bonchev–Trinajstić information content (AvgIpc) is 2.33. The predicted octanol–water partition coefficient (Wildman–Crippen LogP) is 2.86. The van der Waals surface area contributed by atoms with E-state index in [2.05, 4.69) is 19.2 Å². The highest BCUT2D eigenvalue weighted by Crippen LogP contribution is 2.17. The molecular formula is C14H23NO2. The number of unbranched alkanes of at least 4 members (excludes halogenated alkanes) is 1. The lowest BCUT2D eigenvalue weighted by Crippen LogP contribution is -2.23. The van der Waals surface area contributed by atoms with Crippen molar-refractivity contribution in [3.63, 3.8) is 0 Å². The molecule has 1 atom stereocenters. The first-order chi connectivity index (χ1) is 8.24. The van der Waals surface area contributed by atoms with Crippen LogP contribution in [-0.2, 0) is 4.74 Å². The van der Waals surface area contributed by atoms with E-state index in [0.717, 1.165) is 31.7 Å². The molecule has 1 aromatic carbocycles. The molecule has 0 radical (unpaired) electrons. The minimum atomic E-state index is 0.233. The van der Waals surface area contributed by atoms with Gasteiger partial charge in [-0.1, -0.05) is 25.5 Å². The molecule has 1 aromatic rings. The Kier molecular flexibility index (Phi) is 6.67. The lowest BCUT2D eigenvalue weighted by Gasteiger charge is -2.14. The van der Waals surface area contributed by atoms with E-state index in [4.69, 9.17) is 4.74 Å². The van der Waals surface area contributed by atoms with Gasteiger partial charge in [-0.25, -0.2) is 0 Å². The predicted molar refractivity (Wildman–Crippen MR) is 70.3 cm³/mol. The molecule has 17 heavy (non-hydrogen) atoms. The van der Waals surface area contributed by atoms with E-state index in [0.29, 0.717) is 5.75 Å². The summed E-state index contributed by atoms with van der Waals surface area (Å²) >= 11 is 0.